The van der Waals surface area contributed by atoms with Crippen molar-refractivity contribution in [2.45, 2.75) is 62.2 Å². The zero-order valence-electron chi connectivity index (χ0n) is 17.0. The average Bonchev–Trinajstić information content (AvgIpc) is 3.47. The van der Waals surface area contributed by atoms with Crippen molar-refractivity contribution in [2.24, 2.45) is 0 Å². The van der Waals surface area contributed by atoms with Crippen LogP contribution in [-0.4, -0.2) is 56.5 Å². The first-order valence-corrected chi connectivity index (χ1v) is 11.9. The van der Waals surface area contributed by atoms with Gasteiger partial charge in [0.15, 0.2) is 11.5 Å². The van der Waals surface area contributed by atoms with Gasteiger partial charge in [0, 0.05) is 6.54 Å². The first kappa shape index (κ1) is 19.7. The topological polar surface area (TPSA) is 82.4 Å². The first-order chi connectivity index (χ1) is 14.8. The number of fused-ring (bicyclic) bond motifs is 1. The van der Waals surface area contributed by atoms with Crippen LogP contribution in [0.3, 0.4) is 0 Å². The lowest BCUT2D eigenvalue weighted by Gasteiger charge is -2.27. The summed E-state index contributed by atoms with van der Waals surface area (Å²) in [4.78, 5) is 15.1. The lowest BCUT2D eigenvalue weighted by Crippen LogP contribution is -2.32. The number of benzene rings is 1. The smallest absolute Gasteiger partial charge is 0.233 e. The summed E-state index contributed by atoms with van der Waals surface area (Å²) in [7, 11) is 0. The molecule has 2 fully saturated rings. The van der Waals surface area contributed by atoms with E-state index in [2.05, 4.69) is 21.6 Å². The zero-order valence-corrected chi connectivity index (χ0v) is 17.9. The third-order valence-corrected chi connectivity index (χ3v) is 7.15. The van der Waals surface area contributed by atoms with Crippen LogP contribution in [0.2, 0.25) is 0 Å². The molecule has 1 amide bonds. The Kier molecular flexibility index (Phi) is 5.79. The van der Waals surface area contributed by atoms with Gasteiger partial charge in [0.2, 0.25) is 11.1 Å². The van der Waals surface area contributed by atoms with E-state index >= 15 is 0 Å². The number of carbonyl (C=O) groups is 1. The number of carbonyl (C=O) groups excluding carboxylic acids is 1. The molecule has 9 heteroatoms. The fourth-order valence-corrected chi connectivity index (χ4v) is 5.55. The van der Waals surface area contributed by atoms with E-state index in [4.69, 9.17) is 9.47 Å². The van der Waals surface area contributed by atoms with Crippen molar-refractivity contribution >= 4 is 17.7 Å². The quantitative estimate of drug-likeness (QED) is 0.674. The summed E-state index contributed by atoms with van der Waals surface area (Å²) in [6, 6.07) is 6.49. The Hall–Kier alpha value is -2.29. The van der Waals surface area contributed by atoms with Gasteiger partial charge in [-0.05, 0) is 53.8 Å². The summed E-state index contributed by atoms with van der Waals surface area (Å²) in [5, 5.41) is 13.0. The lowest BCUT2D eigenvalue weighted by molar-refractivity contribution is -0.129. The SMILES string of the molecule is O=C(CSc1nnnn1C1CCCCC1)N1CCCC1c1ccc2c(c1)OCCO2. The number of amides is 1. The number of rotatable bonds is 5. The molecule has 1 atom stereocenters. The molecule has 0 bridgehead atoms. The van der Waals surface area contributed by atoms with Gasteiger partial charge in [0.25, 0.3) is 0 Å². The molecule has 30 heavy (non-hydrogen) atoms. The fraction of sp³-hybridized carbons (Fsp3) is 0.619. The van der Waals surface area contributed by atoms with Gasteiger partial charge in [-0.25, -0.2) is 4.68 Å². The highest BCUT2D eigenvalue weighted by Gasteiger charge is 2.31. The number of thioether (sulfide) groups is 1. The second kappa shape index (κ2) is 8.83. The molecule has 8 nitrogen and oxygen atoms in total. The van der Waals surface area contributed by atoms with Crippen LogP contribution in [0.25, 0.3) is 0 Å². The van der Waals surface area contributed by atoms with Crippen LogP contribution < -0.4 is 9.47 Å². The molecule has 2 aliphatic heterocycles. The van der Waals surface area contributed by atoms with E-state index in [1.165, 1.54) is 31.0 Å². The maximum Gasteiger partial charge on any atom is 0.233 e. The second-order valence-corrected chi connectivity index (χ2v) is 9.08. The number of ether oxygens (including phenoxy) is 2. The van der Waals surface area contributed by atoms with Crippen LogP contribution in [-0.2, 0) is 4.79 Å². The summed E-state index contributed by atoms with van der Waals surface area (Å²) in [6.07, 6.45) is 7.94. The monoisotopic (exact) mass is 429 g/mol. The molecule has 160 valence electrons. The van der Waals surface area contributed by atoms with Gasteiger partial charge < -0.3 is 14.4 Å². The molecule has 3 aliphatic rings. The minimum atomic E-state index is 0.0864. The zero-order chi connectivity index (χ0) is 20.3. The Morgan fingerprint density at radius 1 is 1.07 bits per heavy atom. The molecule has 1 saturated carbocycles. The largest absolute Gasteiger partial charge is 0.486 e. The first-order valence-electron chi connectivity index (χ1n) is 10.9. The summed E-state index contributed by atoms with van der Waals surface area (Å²) in [5.41, 5.74) is 1.11. The number of likely N-dealkylation sites (tertiary alicyclic amines) is 1. The van der Waals surface area contributed by atoms with Gasteiger partial charge in [0.1, 0.15) is 13.2 Å². The molecule has 0 N–H and O–H groups in total. The molecular formula is C21H27N5O3S. The van der Waals surface area contributed by atoms with Crippen LogP contribution in [0.15, 0.2) is 23.4 Å². The number of nitrogens with zero attached hydrogens (tertiary/aromatic N) is 5. The minimum absolute atomic E-state index is 0.0864. The van der Waals surface area contributed by atoms with E-state index in [9.17, 15) is 4.79 Å². The summed E-state index contributed by atoms with van der Waals surface area (Å²) >= 11 is 1.45. The van der Waals surface area contributed by atoms with E-state index in [0.717, 1.165) is 54.4 Å². The highest BCUT2D eigenvalue weighted by atomic mass is 32.2. The third kappa shape index (κ3) is 3.99. The minimum Gasteiger partial charge on any atom is -0.486 e. The van der Waals surface area contributed by atoms with Crippen molar-refractivity contribution in [2.75, 3.05) is 25.5 Å². The fourth-order valence-electron chi connectivity index (χ4n) is 4.72. The predicted molar refractivity (Wildman–Crippen MR) is 112 cm³/mol. The Bertz CT molecular complexity index is 899. The lowest BCUT2D eigenvalue weighted by atomic mass is 9.96. The van der Waals surface area contributed by atoms with E-state index < -0.39 is 0 Å². The highest BCUT2D eigenvalue weighted by molar-refractivity contribution is 7.99. The van der Waals surface area contributed by atoms with Crippen molar-refractivity contribution in [3.63, 3.8) is 0 Å². The summed E-state index contributed by atoms with van der Waals surface area (Å²) in [5.74, 6) is 2.05. The van der Waals surface area contributed by atoms with Crippen LogP contribution in [0.4, 0.5) is 0 Å². The molecule has 5 rings (SSSR count). The van der Waals surface area contributed by atoms with Gasteiger partial charge in [0.05, 0.1) is 17.8 Å². The Balaban J connectivity index is 1.25. The second-order valence-electron chi connectivity index (χ2n) is 8.13. The normalized spacial score (nSPS) is 21.7. The van der Waals surface area contributed by atoms with Gasteiger partial charge in [-0.3, -0.25) is 4.79 Å². The number of tetrazole rings is 1. The summed E-state index contributed by atoms with van der Waals surface area (Å²) < 4.78 is 13.3. The van der Waals surface area contributed by atoms with E-state index in [1.54, 1.807) is 0 Å². The van der Waals surface area contributed by atoms with Gasteiger partial charge in [-0.1, -0.05) is 37.1 Å². The van der Waals surface area contributed by atoms with E-state index in [1.807, 2.05) is 21.7 Å². The Morgan fingerprint density at radius 2 is 1.90 bits per heavy atom. The molecule has 1 aromatic heterocycles. The van der Waals surface area contributed by atoms with Crippen molar-refractivity contribution in [3.8, 4) is 11.5 Å². The standard InChI is InChI=1S/C21H27N5O3S/c27-20(14-30-21-22-23-24-26(21)16-5-2-1-3-6-16)25-10-4-7-17(25)15-8-9-18-19(13-15)29-12-11-28-18/h8-9,13,16-17H,1-7,10-12,14H2. The molecule has 1 aliphatic carbocycles. The molecule has 0 radical (unpaired) electrons. The predicted octanol–water partition coefficient (Wildman–Crippen LogP) is 3.41. The molecule has 1 saturated heterocycles. The van der Waals surface area contributed by atoms with Gasteiger partial charge in [-0.2, -0.15) is 0 Å². The Labute approximate surface area is 180 Å². The molecule has 3 heterocycles. The number of hydrogen-bond donors (Lipinski definition) is 0. The Morgan fingerprint density at radius 3 is 2.77 bits per heavy atom. The van der Waals surface area contributed by atoms with Crippen LogP contribution >= 0.6 is 11.8 Å². The molecule has 1 unspecified atom stereocenters. The van der Waals surface area contributed by atoms with Crippen LogP contribution in [0.1, 0.15) is 62.6 Å². The van der Waals surface area contributed by atoms with Crippen LogP contribution in [0, 0.1) is 0 Å². The highest BCUT2D eigenvalue weighted by Crippen LogP contribution is 2.38. The molecule has 1 aromatic carbocycles. The molecule has 0 spiro atoms. The maximum absolute atomic E-state index is 13.1. The van der Waals surface area contributed by atoms with E-state index in [-0.39, 0.29) is 11.9 Å². The van der Waals surface area contributed by atoms with Gasteiger partial charge >= 0.3 is 0 Å². The summed E-state index contributed by atoms with van der Waals surface area (Å²) in [6.45, 7) is 1.93. The number of aromatic nitrogens is 4. The van der Waals surface area contributed by atoms with Crippen molar-refractivity contribution in [1.29, 1.82) is 0 Å². The van der Waals surface area contributed by atoms with Crippen molar-refractivity contribution in [3.05, 3.63) is 23.8 Å². The van der Waals surface area contributed by atoms with Crippen molar-refractivity contribution in [1.82, 2.24) is 25.1 Å². The molecule has 2 aromatic rings. The molecular weight excluding hydrogens is 402 g/mol. The third-order valence-electron chi connectivity index (χ3n) is 6.23. The van der Waals surface area contributed by atoms with Crippen LogP contribution in [0.5, 0.6) is 11.5 Å². The van der Waals surface area contributed by atoms with Crippen molar-refractivity contribution < 1.29 is 14.3 Å². The average molecular weight is 430 g/mol. The van der Waals surface area contributed by atoms with Gasteiger partial charge in [-0.15, -0.1) is 5.10 Å². The van der Waals surface area contributed by atoms with E-state index in [0.29, 0.717) is 25.0 Å². The number of hydrogen-bond acceptors (Lipinski definition) is 7. The maximum atomic E-state index is 13.1.